The molecule has 0 atom stereocenters. The van der Waals surface area contributed by atoms with Crippen molar-refractivity contribution in [3.05, 3.63) is 33.0 Å². The molecule has 2 aromatic heterocycles. The smallest absolute Gasteiger partial charge is 0.307 e. The van der Waals surface area contributed by atoms with Crippen molar-refractivity contribution in [2.24, 2.45) is 0 Å². The summed E-state index contributed by atoms with van der Waals surface area (Å²) in [7, 11) is 0. The molecule has 0 saturated heterocycles. The lowest BCUT2D eigenvalue weighted by atomic mass is 10.6. The van der Waals surface area contributed by atoms with Gasteiger partial charge in [0.25, 0.3) is 0 Å². The van der Waals surface area contributed by atoms with Gasteiger partial charge < -0.3 is 4.42 Å². The Balaban J connectivity index is 2.24. The van der Waals surface area contributed by atoms with E-state index in [1.165, 1.54) is 4.57 Å². The molecule has 68 valence electrons. The van der Waals surface area contributed by atoms with Crippen molar-refractivity contribution in [1.29, 1.82) is 0 Å². The Hall–Kier alpha value is -1.43. The monoisotopic (exact) mass is 197 g/mol. The standard InChI is InChI=1S/C7H7N3O2S/c1-5-8-9-6(12-5)4-10-2-3-13-7(10)11/h2-3H,4H2,1H3. The van der Waals surface area contributed by atoms with Gasteiger partial charge in [-0.3, -0.25) is 9.36 Å². The SMILES string of the molecule is Cc1nnc(Cn2ccsc2=O)o1. The lowest BCUT2D eigenvalue weighted by Crippen LogP contribution is -2.12. The molecule has 0 aliphatic rings. The van der Waals surface area contributed by atoms with Gasteiger partial charge in [-0.05, 0) is 0 Å². The van der Waals surface area contributed by atoms with Crippen LogP contribution >= 0.6 is 11.3 Å². The molecule has 0 radical (unpaired) electrons. The van der Waals surface area contributed by atoms with Crippen LogP contribution in [-0.4, -0.2) is 14.8 Å². The summed E-state index contributed by atoms with van der Waals surface area (Å²) in [6.07, 6.45) is 1.70. The second-order valence-corrected chi connectivity index (χ2v) is 3.37. The van der Waals surface area contributed by atoms with Crippen molar-refractivity contribution >= 4 is 11.3 Å². The summed E-state index contributed by atoms with van der Waals surface area (Å²) < 4.78 is 6.66. The van der Waals surface area contributed by atoms with E-state index in [1.54, 1.807) is 18.5 Å². The maximum Gasteiger partial charge on any atom is 0.307 e. The van der Waals surface area contributed by atoms with Crippen molar-refractivity contribution in [3.63, 3.8) is 0 Å². The van der Waals surface area contributed by atoms with Gasteiger partial charge in [-0.15, -0.1) is 10.2 Å². The summed E-state index contributed by atoms with van der Waals surface area (Å²) in [6, 6.07) is 0. The number of thiazole rings is 1. The molecule has 0 unspecified atom stereocenters. The van der Waals surface area contributed by atoms with Crippen LogP contribution in [0, 0.1) is 6.92 Å². The van der Waals surface area contributed by atoms with Gasteiger partial charge in [0.05, 0.1) is 0 Å². The summed E-state index contributed by atoms with van der Waals surface area (Å²) in [5, 5.41) is 9.19. The van der Waals surface area contributed by atoms with Crippen molar-refractivity contribution in [2.75, 3.05) is 0 Å². The first kappa shape index (κ1) is 8.18. The lowest BCUT2D eigenvalue weighted by molar-refractivity contribution is 0.453. The van der Waals surface area contributed by atoms with E-state index in [2.05, 4.69) is 10.2 Å². The predicted molar refractivity (Wildman–Crippen MR) is 46.7 cm³/mol. The van der Waals surface area contributed by atoms with E-state index >= 15 is 0 Å². The Morgan fingerprint density at radius 1 is 1.62 bits per heavy atom. The summed E-state index contributed by atoms with van der Waals surface area (Å²) in [4.78, 5) is 11.1. The van der Waals surface area contributed by atoms with E-state index in [4.69, 9.17) is 4.42 Å². The van der Waals surface area contributed by atoms with Crippen molar-refractivity contribution in [1.82, 2.24) is 14.8 Å². The van der Waals surface area contributed by atoms with Crippen LogP contribution in [0.5, 0.6) is 0 Å². The fraction of sp³-hybridized carbons (Fsp3) is 0.286. The zero-order chi connectivity index (χ0) is 9.26. The molecule has 0 saturated carbocycles. The Bertz CT molecular complexity index is 456. The van der Waals surface area contributed by atoms with Crippen LogP contribution < -0.4 is 4.87 Å². The van der Waals surface area contributed by atoms with Crippen LogP contribution in [0.1, 0.15) is 11.8 Å². The summed E-state index contributed by atoms with van der Waals surface area (Å²) in [5.41, 5.74) is 0. The van der Waals surface area contributed by atoms with Crippen molar-refractivity contribution < 1.29 is 4.42 Å². The normalized spacial score (nSPS) is 10.5. The van der Waals surface area contributed by atoms with Crippen molar-refractivity contribution in [2.45, 2.75) is 13.5 Å². The van der Waals surface area contributed by atoms with E-state index in [-0.39, 0.29) is 4.87 Å². The van der Waals surface area contributed by atoms with Gasteiger partial charge in [-0.2, -0.15) is 0 Å². The highest BCUT2D eigenvalue weighted by molar-refractivity contribution is 7.07. The molecular formula is C7H7N3O2S. The molecule has 0 spiro atoms. The zero-order valence-corrected chi connectivity index (χ0v) is 7.74. The molecule has 0 amide bonds. The molecule has 2 rings (SSSR count). The third-order valence-electron chi connectivity index (χ3n) is 1.52. The lowest BCUT2D eigenvalue weighted by Gasteiger charge is -1.93. The first-order valence-electron chi connectivity index (χ1n) is 3.68. The van der Waals surface area contributed by atoms with Crippen LogP contribution in [0.25, 0.3) is 0 Å². The summed E-state index contributed by atoms with van der Waals surface area (Å²) in [5.74, 6) is 0.969. The minimum Gasteiger partial charge on any atom is -0.424 e. The van der Waals surface area contributed by atoms with Gasteiger partial charge in [0, 0.05) is 18.5 Å². The average molecular weight is 197 g/mol. The van der Waals surface area contributed by atoms with Gasteiger partial charge in [0.15, 0.2) is 0 Å². The molecule has 2 heterocycles. The fourth-order valence-corrected chi connectivity index (χ4v) is 1.54. The highest BCUT2D eigenvalue weighted by atomic mass is 32.1. The molecule has 0 fully saturated rings. The number of rotatable bonds is 2. The van der Waals surface area contributed by atoms with Gasteiger partial charge in [0.2, 0.25) is 11.8 Å². The minimum absolute atomic E-state index is 0.0177. The van der Waals surface area contributed by atoms with Crippen LogP contribution in [0.4, 0.5) is 0 Å². The number of hydrogen-bond acceptors (Lipinski definition) is 5. The molecule has 0 aliphatic heterocycles. The summed E-state index contributed by atoms with van der Waals surface area (Å²) in [6.45, 7) is 2.07. The molecule has 2 aromatic rings. The molecular weight excluding hydrogens is 190 g/mol. The number of aryl methyl sites for hydroxylation is 1. The molecule has 0 aromatic carbocycles. The van der Waals surface area contributed by atoms with Crippen LogP contribution in [0.3, 0.4) is 0 Å². The second kappa shape index (κ2) is 3.14. The largest absolute Gasteiger partial charge is 0.424 e. The van der Waals surface area contributed by atoms with E-state index in [0.717, 1.165) is 11.3 Å². The molecule has 0 aliphatic carbocycles. The van der Waals surface area contributed by atoms with Crippen LogP contribution in [0.2, 0.25) is 0 Å². The fourth-order valence-electron chi connectivity index (χ4n) is 0.955. The van der Waals surface area contributed by atoms with Crippen LogP contribution in [-0.2, 0) is 6.54 Å². The summed E-state index contributed by atoms with van der Waals surface area (Å²) >= 11 is 1.15. The zero-order valence-electron chi connectivity index (χ0n) is 6.93. The van der Waals surface area contributed by atoms with E-state index in [0.29, 0.717) is 18.3 Å². The van der Waals surface area contributed by atoms with Gasteiger partial charge in [-0.1, -0.05) is 11.3 Å². The van der Waals surface area contributed by atoms with Crippen LogP contribution in [0.15, 0.2) is 20.8 Å². The Morgan fingerprint density at radius 3 is 3.00 bits per heavy atom. The quantitative estimate of drug-likeness (QED) is 0.709. The molecule has 5 nitrogen and oxygen atoms in total. The predicted octanol–water partition coefficient (Wildman–Crippen LogP) is 0.650. The molecule has 0 N–H and O–H groups in total. The number of nitrogens with zero attached hydrogens (tertiary/aromatic N) is 3. The average Bonchev–Trinajstić information content (AvgIpc) is 2.64. The molecule has 13 heavy (non-hydrogen) atoms. The third kappa shape index (κ3) is 1.67. The maximum absolute atomic E-state index is 11.1. The second-order valence-electron chi connectivity index (χ2n) is 2.51. The third-order valence-corrected chi connectivity index (χ3v) is 2.21. The van der Waals surface area contributed by atoms with Gasteiger partial charge >= 0.3 is 4.87 Å². The van der Waals surface area contributed by atoms with E-state index in [9.17, 15) is 4.79 Å². The highest BCUT2D eigenvalue weighted by Crippen LogP contribution is 2.00. The van der Waals surface area contributed by atoms with Gasteiger partial charge in [-0.25, -0.2) is 0 Å². The highest BCUT2D eigenvalue weighted by Gasteiger charge is 2.04. The maximum atomic E-state index is 11.1. The van der Waals surface area contributed by atoms with E-state index < -0.39 is 0 Å². The molecule has 6 heteroatoms. The van der Waals surface area contributed by atoms with Crippen molar-refractivity contribution in [3.8, 4) is 0 Å². The Morgan fingerprint density at radius 2 is 2.46 bits per heavy atom. The Labute approximate surface area is 77.7 Å². The van der Waals surface area contributed by atoms with Gasteiger partial charge in [0.1, 0.15) is 6.54 Å². The number of hydrogen-bond donors (Lipinski definition) is 0. The number of aromatic nitrogens is 3. The molecule has 0 bridgehead atoms. The first-order valence-corrected chi connectivity index (χ1v) is 4.56. The van der Waals surface area contributed by atoms with E-state index in [1.807, 2.05) is 0 Å². The Kier molecular flexibility index (Phi) is 1.97. The topological polar surface area (TPSA) is 60.9 Å². The first-order chi connectivity index (χ1) is 6.25. The minimum atomic E-state index is -0.0177.